The molecule has 3 heteroatoms. The molecule has 17 heavy (non-hydrogen) atoms. The van der Waals surface area contributed by atoms with Crippen molar-refractivity contribution in [2.24, 2.45) is 4.99 Å². The van der Waals surface area contributed by atoms with E-state index in [0.717, 1.165) is 5.56 Å². The van der Waals surface area contributed by atoms with E-state index in [9.17, 15) is 4.79 Å². The van der Waals surface area contributed by atoms with Gasteiger partial charge in [0, 0.05) is 6.21 Å². The van der Waals surface area contributed by atoms with Crippen LogP contribution in [0.5, 0.6) is 0 Å². The Bertz CT molecular complexity index is 472. The average Bonchev–Trinajstić information content (AvgIpc) is 2.66. The second kappa shape index (κ2) is 5.80. The number of carbonyl (C=O) groups excluding carboxylic acids is 1. The molecule has 0 saturated heterocycles. The number of benzene rings is 1. The zero-order chi connectivity index (χ0) is 11.9. The van der Waals surface area contributed by atoms with Gasteiger partial charge in [-0.05, 0) is 23.8 Å². The number of ether oxygens (including phenoxy) is 1. The minimum Gasteiger partial charge on any atom is -0.457 e. The quantitative estimate of drug-likeness (QED) is 0.743. The third-order valence-corrected chi connectivity index (χ3v) is 2.33. The first-order valence-corrected chi connectivity index (χ1v) is 5.44. The topological polar surface area (TPSA) is 38.7 Å². The molecule has 0 spiro atoms. The van der Waals surface area contributed by atoms with E-state index in [2.05, 4.69) is 4.99 Å². The summed E-state index contributed by atoms with van der Waals surface area (Å²) in [4.78, 5) is 15.8. The van der Waals surface area contributed by atoms with Crippen LogP contribution in [0.4, 0.5) is 0 Å². The maximum Gasteiger partial charge on any atom is 0.338 e. The van der Waals surface area contributed by atoms with Crippen molar-refractivity contribution in [2.75, 3.05) is 6.54 Å². The lowest BCUT2D eigenvalue weighted by Crippen LogP contribution is -2.06. The SMILES string of the molecule is O=C(OCc1ccccc1)C1=CCN=CC=C1. The molecule has 0 amide bonds. The zero-order valence-electron chi connectivity index (χ0n) is 9.37. The summed E-state index contributed by atoms with van der Waals surface area (Å²) >= 11 is 0. The van der Waals surface area contributed by atoms with Gasteiger partial charge in [-0.15, -0.1) is 0 Å². The highest BCUT2D eigenvalue weighted by molar-refractivity contribution is 5.93. The largest absolute Gasteiger partial charge is 0.457 e. The van der Waals surface area contributed by atoms with Crippen LogP contribution in [0, 0.1) is 0 Å². The fraction of sp³-hybridized carbons (Fsp3) is 0.143. The smallest absolute Gasteiger partial charge is 0.338 e. The number of nitrogens with zero attached hydrogens (tertiary/aromatic N) is 1. The van der Waals surface area contributed by atoms with Crippen molar-refractivity contribution in [1.82, 2.24) is 0 Å². The molecule has 2 rings (SSSR count). The first-order chi connectivity index (χ1) is 8.36. The Morgan fingerprint density at radius 2 is 2.12 bits per heavy atom. The molecular formula is C14H13NO2. The van der Waals surface area contributed by atoms with Crippen LogP contribution in [-0.4, -0.2) is 18.7 Å². The molecule has 1 heterocycles. The van der Waals surface area contributed by atoms with Crippen LogP contribution < -0.4 is 0 Å². The molecule has 86 valence electrons. The number of hydrogen-bond acceptors (Lipinski definition) is 3. The summed E-state index contributed by atoms with van der Waals surface area (Å²) in [5.74, 6) is -0.310. The summed E-state index contributed by atoms with van der Waals surface area (Å²) in [6, 6.07) is 9.62. The van der Waals surface area contributed by atoms with E-state index in [1.165, 1.54) is 0 Å². The van der Waals surface area contributed by atoms with Gasteiger partial charge < -0.3 is 4.74 Å². The average molecular weight is 227 g/mol. The Labute approximate surface area is 100 Å². The van der Waals surface area contributed by atoms with Gasteiger partial charge in [0.25, 0.3) is 0 Å². The molecule has 1 aromatic carbocycles. The van der Waals surface area contributed by atoms with E-state index >= 15 is 0 Å². The molecule has 0 fully saturated rings. The van der Waals surface area contributed by atoms with Crippen molar-refractivity contribution in [1.29, 1.82) is 0 Å². The van der Waals surface area contributed by atoms with Crippen molar-refractivity contribution in [3.63, 3.8) is 0 Å². The Balaban J connectivity index is 1.92. The fourth-order valence-corrected chi connectivity index (χ4v) is 1.45. The van der Waals surface area contributed by atoms with Crippen molar-refractivity contribution >= 4 is 12.2 Å². The van der Waals surface area contributed by atoms with E-state index in [-0.39, 0.29) is 5.97 Å². The number of hydrogen-bond donors (Lipinski definition) is 0. The highest BCUT2D eigenvalue weighted by Gasteiger charge is 2.08. The fourth-order valence-electron chi connectivity index (χ4n) is 1.45. The Hall–Kier alpha value is -2.16. The Morgan fingerprint density at radius 3 is 2.94 bits per heavy atom. The third kappa shape index (κ3) is 3.41. The van der Waals surface area contributed by atoms with Crippen molar-refractivity contribution < 1.29 is 9.53 Å². The summed E-state index contributed by atoms with van der Waals surface area (Å²) in [7, 11) is 0. The summed E-state index contributed by atoms with van der Waals surface area (Å²) < 4.78 is 5.21. The van der Waals surface area contributed by atoms with E-state index in [0.29, 0.717) is 18.7 Å². The van der Waals surface area contributed by atoms with E-state index in [4.69, 9.17) is 4.74 Å². The van der Waals surface area contributed by atoms with E-state index < -0.39 is 0 Å². The van der Waals surface area contributed by atoms with Crippen LogP contribution in [0.25, 0.3) is 0 Å². The van der Waals surface area contributed by atoms with Crippen LogP contribution in [0.1, 0.15) is 5.56 Å². The summed E-state index contributed by atoms with van der Waals surface area (Å²) in [6.07, 6.45) is 6.88. The molecule has 0 aliphatic carbocycles. The van der Waals surface area contributed by atoms with Gasteiger partial charge in [-0.25, -0.2) is 4.79 Å². The van der Waals surface area contributed by atoms with Gasteiger partial charge in [-0.1, -0.05) is 30.3 Å². The van der Waals surface area contributed by atoms with Gasteiger partial charge in [-0.2, -0.15) is 0 Å². The number of esters is 1. The maximum atomic E-state index is 11.7. The molecule has 0 aromatic heterocycles. The lowest BCUT2D eigenvalue weighted by molar-refractivity contribution is -0.139. The third-order valence-electron chi connectivity index (χ3n) is 2.33. The summed E-state index contributed by atoms with van der Waals surface area (Å²) in [5, 5.41) is 0. The van der Waals surface area contributed by atoms with Gasteiger partial charge >= 0.3 is 5.97 Å². The molecule has 0 radical (unpaired) electrons. The van der Waals surface area contributed by atoms with Crippen molar-refractivity contribution in [3.8, 4) is 0 Å². The monoisotopic (exact) mass is 227 g/mol. The molecule has 0 unspecified atom stereocenters. The standard InChI is InChI=1S/C14H13NO2/c16-14(13-7-4-9-15-10-8-13)17-11-12-5-2-1-3-6-12/h1-9H,10-11H2. The molecular weight excluding hydrogens is 214 g/mol. The summed E-state index contributed by atoms with van der Waals surface area (Å²) in [6.45, 7) is 0.814. The Morgan fingerprint density at radius 1 is 1.29 bits per heavy atom. The molecule has 1 aliphatic rings. The summed E-state index contributed by atoms with van der Waals surface area (Å²) in [5.41, 5.74) is 1.54. The van der Waals surface area contributed by atoms with Gasteiger partial charge in [0.1, 0.15) is 6.61 Å². The maximum absolute atomic E-state index is 11.7. The molecule has 0 atom stereocenters. The highest BCUT2D eigenvalue weighted by atomic mass is 16.5. The Kier molecular flexibility index (Phi) is 3.86. The minimum absolute atomic E-state index is 0.297. The van der Waals surface area contributed by atoms with E-state index in [1.54, 1.807) is 24.4 Å². The van der Waals surface area contributed by atoms with Gasteiger partial charge in [0.2, 0.25) is 0 Å². The van der Waals surface area contributed by atoms with Crippen molar-refractivity contribution in [3.05, 3.63) is 59.7 Å². The lowest BCUT2D eigenvalue weighted by atomic mass is 10.2. The molecule has 0 saturated carbocycles. The predicted octanol–water partition coefficient (Wildman–Crippen LogP) is 2.30. The van der Waals surface area contributed by atoms with Gasteiger partial charge in [0.05, 0.1) is 12.1 Å². The van der Waals surface area contributed by atoms with Crippen molar-refractivity contribution in [2.45, 2.75) is 6.61 Å². The molecule has 0 bridgehead atoms. The second-order valence-electron chi connectivity index (χ2n) is 3.59. The van der Waals surface area contributed by atoms with Crippen LogP contribution in [0.15, 0.2) is 59.1 Å². The minimum atomic E-state index is -0.310. The van der Waals surface area contributed by atoms with Gasteiger partial charge in [0.15, 0.2) is 0 Å². The highest BCUT2D eigenvalue weighted by Crippen LogP contribution is 2.06. The van der Waals surface area contributed by atoms with Crippen LogP contribution in [0.3, 0.4) is 0 Å². The number of rotatable bonds is 3. The number of carbonyl (C=O) groups is 1. The van der Waals surface area contributed by atoms with E-state index in [1.807, 2.05) is 30.3 Å². The van der Waals surface area contributed by atoms with Gasteiger partial charge in [-0.3, -0.25) is 4.99 Å². The predicted molar refractivity (Wildman–Crippen MR) is 66.8 cm³/mol. The van der Waals surface area contributed by atoms with Crippen LogP contribution in [0.2, 0.25) is 0 Å². The zero-order valence-corrected chi connectivity index (χ0v) is 9.37. The van der Waals surface area contributed by atoms with Crippen LogP contribution >= 0.6 is 0 Å². The molecule has 1 aromatic rings. The second-order valence-corrected chi connectivity index (χ2v) is 3.59. The lowest BCUT2D eigenvalue weighted by Gasteiger charge is -2.04. The molecule has 1 aliphatic heterocycles. The number of aliphatic imine (C=N–C) groups is 1. The number of allylic oxidation sites excluding steroid dienone is 1. The normalized spacial score (nSPS) is 14.0. The molecule has 0 N–H and O–H groups in total. The molecule has 3 nitrogen and oxygen atoms in total. The van der Waals surface area contributed by atoms with Crippen LogP contribution in [-0.2, 0) is 16.1 Å². The first kappa shape index (κ1) is 11.3. The first-order valence-electron chi connectivity index (χ1n) is 5.44.